The molecule has 1 rings (SSSR count). The van der Waals surface area contributed by atoms with E-state index in [4.69, 9.17) is 0 Å². The van der Waals surface area contributed by atoms with Crippen molar-refractivity contribution < 1.29 is 23.9 Å². The van der Waals surface area contributed by atoms with Crippen LogP contribution in [0.2, 0.25) is 0 Å². The van der Waals surface area contributed by atoms with Crippen molar-refractivity contribution in [1.29, 1.82) is 0 Å². The van der Waals surface area contributed by atoms with Gasteiger partial charge in [0.1, 0.15) is 12.6 Å². The molecular formula is C8H9NO5. The van der Waals surface area contributed by atoms with Gasteiger partial charge in [-0.1, -0.05) is 12.7 Å². The Kier molecular flexibility index (Phi) is 3.22. The molecule has 0 bridgehead atoms. The zero-order chi connectivity index (χ0) is 10.6. The Bertz CT molecular complexity index is 285. The SMILES string of the molecule is C=CCOC(=O)N[C@@H]1CC(=O)OC1=O. The fraction of sp³-hybridized carbons (Fsp3) is 0.375. The van der Waals surface area contributed by atoms with Crippen molar-refractivity contribution in [3.63, 3.8) is 0 Å². The maximum atomic E-state index is 10.9. The van der Waals surface area contributed by atoms with E-state index < -0.39 is 24.1 Å². The third-order valence-corrected chi connectivity index (χ3v) is 1.49. The van der Waals surface area contributed by atoms with Crippen LogP contribution in [0.15, 0.2) is 12.7 Å². The highest BCUT2D eigenvalue weighted by Gasteiger charge is 2.34. The fourth-order valence-electron chi connectivity index (χ4n) is 0.903. The zero-order valence-corrected chi connectivity index (χ0v) is 7.32. The molecule has 0 aromatic carbocycles. The summed E-state index contributed by atoms with van der Waals surface area (Å²) in [5.41, 5.74) is 0. The molecule has 1 aliphatic rings. The minimum absolute atomic E-state index is 0.0432. The molecule has 1 N–H and O–H groups in total. The first-order valence-corrected chi connectivity index (χ1v) is 3.92. The molecular weight excluding hydrogens is 190 g/mol. The summed E-state index contributed by atoms with van der Waals surface area (Å²) in [6, 6.07) is -0.931. The van der Waals surface area contributed by atoms with Crippen LogP contribution in [0.4, 0.5) is 4.79 Å². The summed E-state index contributed by atoms with van der Waals surface area (Å²) in [4.78, 5) is 32.4. The normalized spacial score (nSPS) is 20.1. The molecule has 6 heteroatoms. The molecule has 1 atom stereocenters. The van der Waals surface area contributed by atoms with E-state index in [2.05, 4.69) is 21.4 Å². The summed E-state index contributed by atoms with van der Waals surface area (Å²) in [5.74, 6) is -1.41. The molecule has 76 valence electrons. The van der Waals surface area contributed by atoms with Gasteiger partial charge in [0.25, 0.3) is 0 Å². The van der Waals surface area contributed by atoms with Gasteiger partial charge in [-0.2, -0.15) is 0 Å². The summed E-state index contributed by atoms with van der Waals surface area (Å²) in [6.07, 6.45) is 0.459. The maximum absolute atomic E-state index is 10.9. The second kappa shape index (κ2) is 4.40. The van der Waals surface area contributed by atoms with Crippen molar-refractivity contribution in [3.8, 4) is 0 Å². The number of hydrogen-bond acceptors (Lipinski definition) is 5. The first-order valence-electron chi connectivity index (χ1n) is 3.92. The zero-order valence-electron chi connectivity index (χ0n) is 7.32. The number of carbonyl (C=O) groups excluding carboxylic acids is 3. The molecule has 0 unspecified atom stereocenters. The topological polar surface area (TPSA) is 81.7 Å². The summed E-state index contributed by atoms with van der Waals surface area (Å²) in [5, 5.41) is 2.19. The minimum Gasteiger partial charge on any atom is -0.445 e. The van der Waals surface area contributed by atoms with Gasteiger partial charge < -0.3 is 14.8 Å². The quantitative estimate of drug-likeness (QED) is 0.384. The lowest BCUT2D eigenvalue weighted by Crippen LogP contribution is -2.38. The number of carbonyl (C=O) groups is 3. The largest absolute Gasteiger partial charge is 0.445 e. The maximum Gasteiger partial charge on any atom is 0.408 e. The Morgan fingerprint density at radius 2 is 2.43 bits per heavy atom. The summed E-state index contributed by atoms with van der Waals surface area (Å²) < 4.78 is 8.76. The number of nitrogens with one attached hydrogen (secondary N) is 1. The van der Waals surface area contributed by atoms with E-state index in [9.17, 15) is 14.4 Å². The third kappa shape index (κ3) is 2.58. The second-order valence-corrected chi connectivity index (χ2v) is 2.58. The van der Waals surface area contributed by atoms with Crippen molar-refractivity contribution in [1.82, 2.24) is 5.32 Å². The van der Waals surface area contributed by atoms with Crippen LogP contribution in [0.1, 0.15) is 6.42 Å². The lowest BCUT2D eigenvalue weighted by atomic mass is 10.2. The smallest absolute Gasteiger partial charge is 0.408 e. The van der Waals surface area contributed by atoms with Crippen molar-refractivity contribution >= 4 is 18.0 Å². The van der Waals surface area contributed by atoms with Crippen molar-refractivity contribution in [2.75, 3.05) is 6.61 Å². The monoisotopic (exact) mass is 199 g/mol. The van der Waals surface area contributed by atoms with Crippen LogP contribution in [0.5, 0.6) is 0 Å². The van der Waals surface area contributed by atoms with Gasteiger partial charge in [-0.25, -0.2) is 9.59 Å². The van der Waals surface area contributed by atoms with Crippen molar-refractivity contribution in [2.24, 2.45) is 0 Å². The molecule has 1 heterocycles. The molecule has 0 spiro atoms. The number of cyclic esters (lactones) is 2. The predicted molar refractivity (Wildman–Crippen MR) is 44.2 cm³/mol. The van der Waals surface area contributed by atoms with Gasteiger partial charge in [0.2, 0.25) is 0 Å². The van der Waals surface area contributed by atoms with Gasteiger partial charge >= 0.3 is 18.0 Å². The lowest BCUT2D eigenvalue weighted by Gasteiger charge is -2.06. The van der Waals surface area contributed by atoms with Crippen molar-refractivity contribution in [3.05, 3.63) is 12.7 Å². The first kappa shape index (κ1) is 10.2. The first-order chi connectivity index (χ1) is 6.63. The number of hydrogen-bond donors (Lipinski definition) is 1. The number of ether oxygens (including phenoxy) is 2. The molecule has 1 saturated heterocycles. The van der Waals surface area contributed by atoms with E-state index in [-0.39, 0.29) is 13.0 Å². The van der Waals surface area contributed by atoms with Crippen LogP contribution in [0, 0.1) is 0 Å². The lowest BCUT2D eigenvalue weighted by molar-refractivity contribution is -0.152. The number of alkyl carbamates (subject to hydrolysis) is 1. The Balaban J connectivity index is 2.37. The molecule has 0 saturated carbocycles. The van der Waals surface area contributed by atoms with Gasteiger partial charge in [-0.15, -0.1) is 0 Å². The minimum atomic E-state index is -0.931. The molecule has 0 radical (unpaired) electrons. The van der Waals surface area contributed by atoms with Crippen LogP contribution in [0.3, 0.4) is 0 Å². The van der Waals surface area contributed by atoms with Gasteiger partial charge in [0.05, 0.1) is 6.42 Å². The Hall–Kier alpha value is -1.85. The summed E-state index contributed by atoms with van der Waals surface area (Å²) in [7, 11) is 0. The number of esters is 2. The highest BCUT2D eigenvalue weighted by molar-refractivity contribution is 5.98. The van der Waals surface area contributed by atoms with E-state index in [1.54, 1.807) is 0 Å². The Morgan fingerprint density at radius 3 is 2.93 bits per heavy atom. The van der Waals surface area contributed by atoms with Crippen LogP contribution >= 0.6 is 0 Å². The van der Waals surface area contributed by atoms with E-state index in [0.717, 1.165) is 0 Å². The molecule has 1 fully saturated rings. The Morgan fingerprint density at radius 1 is 1.71 bits per heavy atom. The summed E-state index contributed by atoms with van der Waals surface area (Å²) >= 11 is 0. The van der Waals surface area contributed by atoms with Crippen LogP contribution in [0.25, 0.3) is 0 Å². The molecule has 1 aliphatic heterocycles. The van der Waals surface area contributed by atoms with Crippen LogP contribution < -0.4 is 5.32 Å². The van der Waals surface area contributed by atoms with E-state index >= 15 is 0 Å². The number of rotatable bonds is 3. The average Bonchev–Trinajstić information content (AvgIpc) is 2.42. The molecule has 6 nitrogen and oxygen atoms in total. The predicted octanol–water partition coefficient (Wildman–Crippen LogP) is -0.259. The molecule has 14 heavy (non-hydrogen) atoms. The van der Waals surface area contributed by atoms with Gasteiger partial charge in [-0.05, 0) is 0 Å². The van der Waals surface area contributed by atoms with E-state index in [0.29, 0.717) is 0 Å². The highest BCUT2D eigenvalue weighted by Crippen LogP contribution is 2.07. The van der Waals surface area contributed by atoms with Gasteiger partial charge in [0, 0.05) is 0 Å². The third-order valence-electron chi connectivity index (χ3n) is 1.49. The van der Waals surface area contributed by atoms with E-state index in [1.165, 1.54) is 6.08 Å². The Labute approximate surface area is 79.9 Å². The molecule has 0 aromatic heterocycles. The fourth-order valence-corrected chi connectivity index (χ4v) is 0.903. The van der Waals surface area contributed by atoms with Gasteiger partial charge in [-0.3, -0.25) is 4.79 Å². The number of amides is 1. The van der Waals surface area contributed by atoms with Crippen LogP contribution in [-0.2, 0) is 19.1 Å². The van der Waals surface area contributed by atoms with Gasteiger partial charge in [0.15, 0.2) is 0 Å². The molecule has 0 aliphatic carbocycles. The molecule has 0 aromatic rings. The highest BCUT2D eigenvalue weighted by atomic mass is 16.6. The standard InChI is InChI=1S/C8H9NO5/c1-2-3-13-8(12)9-5-4-6(10)14-7(5)11/h2,5H,1,3-4H2,(H,9,12)/t5-/m1/s1. The summed E-state index contributed by atoms with van der Waals surface area (Å²) in [6.45, 7) is 3.38. The average molecular weight is 199 g/mol. The molecule has 1 amide bonds. The van der Waals surface area contributed by atoms with E-state index in [1.807, 2.05) is 0 Å². The van der Waals surface area contributed by atoms with Crippen LogP contribution in [-0.4, -0.2) is 30.7 Å². The second-order valence-electron chi connectivity index (χ2n) is 2.58. The van der Waals surface area contributed by atoms with Crippen molar-refractivity contribution in [2.45, 2.75) is 12.5 Å².